The van der Waals surface area contributed by atoms with Crippen molar-refractivity contribution in [1.29, 1.82) is 0 Å². The summed E-state index contributed by atoms with van der Waals surface area (Å²) in [6.07, 6.45) is 3.55. The predicted octanol–water partition coefficient (Wildman–Crippen LogP) is 2.14. The summed E-state index contributed by atoms with van der Waals surface area (Å²) in [5, 5.41) is 12.3. The number of pyridine rings is 1. The van der Waals surface area contributed by atoms with Crippen molar-refractivity contribution in [2.75, 3.05) is 5.88 Å². The molecule has 2 N–H and O–H groups in total. The summed E-state index contributed by atoms with van der Waals surface area (Å²) in [5.41, 5.74) is 3.45. The van der Waals surface area contributed by atoms with Gasteiger partial charge in [-0.1, -0.05) is 0 Å². The van der Waals surface area contributed by atoms with Crippen LogP contribution in [0.3, 0.4) is 0 Å². The first-order chi connectivity index (χ1) is 13.8. The van der Waals surface area contributed by atoms with Crippen LogP contribution in [0.25, 0.3) is 11.0 Å². The maximum absolute atomic E-state index is 13.0. The number of aliphatic carboxylic acids is 1. The second-order valence-electron chi connectivity index (χ2n) is 7.13. The average molecular weight is 417 g/mol. The van der Waals surface area contributed by atoms with E-state index < -0.39 is 21.6 Å². The van der Waals surface area contributed by atoms with E-state index in [0.29, 0.717) is 19.3 Å². The summed E-state index contributed by atoms with van der Waals surface area (Å²) in [6, 6.07) is 8.32. The molecule has 7 nitrogen and oxygen atoms in total. The van der Waals surface area contributed by atoms with Gasteiger partial charge in [-0.3, -0.25) is 9.78 Å². The maximum atomic E-state index is 13.0. The number of carboxylic acids is 1. The molecule has 1 aliphatic carbocycles. The van der Waals surface area contributed by atoms with Gasteiger partial charge in [-0.05, 0) is 55.7 Å². The molecule has 0 radical (unpaired) electrons. The highest BCUT2D eigenvalue weighted by Gasteiger charge is 2.27. The number of nitrogens with one attached hydrogen (secondary N) is 1. The van der Waals surface area contributed by atoms with Crippen LogP contribution in [0.4, 0.5) is 4.39 Å². The van der Waals surface area contributed by atoms with Crippen molar-refractivity contribution < 1.29 is 22.7 Å². The molecule has 1 aliphatic rings. The monoisotopic (exact) mass is 417 g/mol. The molecular weight excluding hydrogens is 397 g/mol. The van der Waals surface area contributed by atoms with E-state index >= 15 is 0 Å². The first-order valence-electron chi connectivity index (χ1n) is 9.23. The Labute approximate surface area is 167 Å². The summed E-state index contributed by atoms with van der Waals surface area (Å²) < 4.78 is 39.8. The Morgan fingerprint density at radius 3 is 2.76 bits per heavy atom. The van der Waals surface area contributed by atoms with Gasteiger partial charge >= 0.3 is 5.97 Å². The van der Waals surface area contributed by atoms with Gasteiger partial charge in [0.25, 0.3) is 0 Å². The highest BCUT2D eigenvalue weighted by Crippen LogP contribution is 2.31. The minimum absolute atomic E-state index is 0.0719. The van der Waals surface area contributed by atoms with Crippen LogP contribution in [-0.4, -0.2) is 41.0 Å². The van der Waals surface area contributed by atoms with Crippen LogP contribution in [0, 0.1) is 5.82 Å². The third-order valence-corrected chi connectivity index (χ3v) is 6.78. The lowest BCUT2D eigenvalue weighted by atomic mass is 9.92. The SMILES string of the molecule is O=C(O)Cn1c2c(c3ncccc31)C[C@@H](NCS(=O)(=O)c1ccc(F)cc1)CC2. The molecule has 0 fully saturated rings. The molecule has 0 spiro atoms. The maximum Gasteiger partial charge on any atom is 0.323 e. The van der Waals surface area contributed by atoms with Gasteiger partial charge in [0, 0.05) is 23.5 Å². The van der Waals surface area contributed by atoms with Crippen LogP contribution in [0.15, 0.2) is 47.5 Å². The van der Waals surface area contributed by atoms with E-state index in [0.717, 1.165) is 34.4 Å². The molecule has 0 amide bonds. The number of aromatic nitrogens is 2. The van der Waals surface area contributed by atoms with Crippen molar-refractivity contribution in [3.63, 3.8) is 0 Å². The largest absolute Gasteiger partial charge is 0.480 e. The Morgan fingerprint density at radius 2 is 2.03 bits per heavy atom. The number of sulfone groups is 1. The van der Waals surface area contributed by atoms with E-state index in [-0.39, 0.29) is 23.4 Å². The van der Waals surface area contributed by atoms with Gasteiger partial charge in [-0.25, -0.2) is 12.8 Å². The quantitative estimate of drug-likeness (QED) is 0.596. The van der Waals surface area contributed by atoms with E-state index in [2.05, 4.69) is 10.3 Å². The molecule has 2 heterocycles. The smallest absolute Gasteiger partial charge is 0.323 e. The predicted molar refractivity (Wildman–Crippen MR) is 105 cm³/mol. The summed E-state index contributed by atoms with van der Waals surface area (Å²) >= 11 is 0. The zero-order chi connectivity index (χ0) is 20.6. The summed E-state index contributed by atoms with van der Waals surface area (Å²) in [5.74, 6) is -1.65. The molecule has 0 aliphatic heterocycles. The highest BCUT2D eigenvalue weighted by atomic mass is 32.2. The zero-order valence-electron chi connectivity index (χ0n) is 15.5. The van der Waals surface area contributed by atoms with Crippen LogP contribution in [0.2, 0.25) is 0 Å². The van der Waals surface area contributed by atoms with Crippen LogP contribution in [0.5, 0.6) is 0 Å². The minimum atomic E-state index is -3.58. The minimum Gasteiger partial charge on any atom is -0.480 e. The molecule has 4 rings (SSSR count). The standard InChI is InChI=1S/C20H20FN3O4S/c21-13-3-6-15(7-4-13)29(27,28)12-23-14-5-8-17-16(10-14)20-18(2-1-9-22-20)24(17)11-19(25)26/h1-4,6-7,9,14,23H,5,8,10-12H2,(H,25,26)/t14-/m0/s1. The summed E-state index contributed by atoms with van der Waals surface area (Å²) in [6.45, 7) is -0.130. The fraction of sp³-hybridized carbons (Fsp3) is 0.300. The third kappa shape index (κ3) is 3.88. The topological polar surface area (TPSA) is 101 Å². The molecule has 2 aromatic heterocycles. The lowest BCUT2D eigenvalue weighted by molar-refractivity contribution is -0.137. The summed E-state index contributed by atoms with van der Waals surface area (Å²) in [7, 11) is -3.58. The molecule has 0 saturated heterocycles. The van der Waals surface area contributed by atoms with Gasteiger partial charge in [-0.2, -0.15) is 0 Å². The Morgan fingerprint density at radius 1 is 1.28 bits per heavy atom. The van der Waals surface area contributed by atoms with Gasteiger partial charge in [0.05, 0.1) is 15.9 Å². The summed E-state index contributed by atoms with van der Waals surface area (Å²) in [4.78, 5) is 15.8. The van der Waals surface area contributed by atoms with Gasteiger partial charge in [0.2, 0.25) is 0 Å². The Kier molecular flexibility index (Phi) is 5.10. The van der Waals surface area contributed by atoms with Gasteiger partial charge < -0.3 is 15.0 Å². The number of fused-ring (bicyclic) bond motifs is 3. The highest BCUT2D eigenvalue weighted by molar-refractivity contribution is 7.91. The molecule has 0 bridgehead atoms. The van der Waals surface area contributed by atoms with Gasteiger partial charge in [0.1, 0.15) is 18.2 Å². The van der Waals surface area contributed by atoms with E-state index in [1.165, 1.54) is 12.1 Å². The van der Waals surface area contributed by atoms with Crippen LogP contribution in [0.1, 0.15) is 17.7 Å². The number of hydrogen-bond donors (Lipinski definition) is 2. The molecule has 0 saturated carbocycles. The number of nitrogens with zero attached hydrogens (tertiary/aromatic N) is 2. The number of benzene rings is 1. The Bertz CT molecular complexity index is 1170. The lowest BCUT2D eigenvalue weighted by Gasteiger charge is -2.24. The van der Waals surface area contributed by atoms with E-state index in [1.807, 2.05) is 6.07 Å². The fourth-order valence-corrected chi connectivity index (χ4v) is 5.07. The first kappa shape index (κ1) is 19.5. The van der Waals surface area contributed by atoms with Crippen molar-refractivity contribution in [1.82, 2.24) is 14.9 Å². The molecule has 1 aromatic carbocycles. The second-order valence-corrected chi connectivity index (χ2v) is 9.12. The molecule has 0 unspecified atom stereocenters. The van der Waals surface area contributed by atoms with Crippen molar-refractivity contribution >= 4 is 26.8 Å². The Hall–Kier alpha value is -2.78. The van der Waals surface area contributed by atoms with Gasteiger partial charge in [0.15, 0.2) is 9.84 Å². The normalized spacial score (nSPS) is 16.7. The first-order valence-corrected chi connectivity index (χ1v) is 10.9. The van der Waals surface area contributed by atoms with Gasteiger partial charge in [-0.15, -0.1) is 0 Å². The Balaban J connectivity index is 1.55. The number of hydrogen-bond acceptors (Lipinski definition) is 5. The molecule has 29 heavy (non-hydrogen) atoms. The molecular formula is C20H20FN3O4S. The van der Waals surface area contributed by atoms with Crippen LogP contribution < -0.4 is 5.32 Å². The number of carbonyl (C=O) groups is 1. The van der Waals surface area contributed by atoms with Crippen LogP contribution in [-0.2, 0) is 34.0 Å². The van der Waals surface area contributed by atoms with E-state index in [4.69, 9.17) is 0 Å². The third-order valence-electron chi connectivity index (χ3n) is 5.25. The fourth-order valence-electron chi connectivity index (χ4n) is 3.89. The van der Waals surface area contributed by atoms with Crippen molar-refractivity contribution in [2.24, 2.45) is 0 Å². The lowest BCUT2D eigenvalue weighted by Crippen LogP contribution is -2.38. The van der Waals surface area contributed by atoms with Crippen LogP contribution >= 0.6 is 0 Å². The molecule has 3 aromatic rings. The number of rotatable bonds is 6. The van der Waals surface area contributed by atoms with Crippen molar-refractivity contribution in [3.05, 3.63) is 59.7 Å². The van der Waals surface area contributed by atoms with E-state index in [1.54, 1.807) is 16.8 Å². The van der Waals surface area contributed by atoms with Crippen molar-refractivity contribution in [3.8, 4) is 0 Å². The molecule has 9 heteroatoms. The average Bonchev–Trinajstić information content (AvgIpc) is 3.00. The number of carboxylic acid groups (broad SMARTS) is 1. The number of halogens is 1. The second kappa shape index (κ2) is 7.57. The zero-order valence-corrected chi connectivity index (χ0v) is 16.3. The molecule has 152 valence electrons. The van der Waals surface area contributed by atoms with E-state index in [9.17, 15) is 22.7 Å². The molecule has 1 atom stereocenters. The van der Waals surface area contributed by atoms with Crippen molar-refractivity contribution in [2.45, 2.75) is 36.7 Å².